The smallest absolute Gasteiger partial charge is 0.191 e. The second kappa shape index (κ2) is 12.4. The van der Waals surface area contributed by atoms with Gasteiger partial charge in [-0.25, -0.2) is 0 Å². The molecule has 2 aromatic rings. The standard InChI is InChI=1S/C22H30N4O3.HI/c1-23-22(24-10-12-29-19-7-5-4-6-8-19)25-17-9-11-26(16-17)18-13-20(27-2)15-21(14-18)28-3;/h4-8,13-15,17H,9-12,16H2,1-3H3,(H2,23,24,25);1H. The maximum absolute atomic E-state index is 5.71. The largest absolute Gasteiger partial charge is 0.497 e. The summed E-state index contributed by atoms with van der Waals surface area (Å²) >= 11 is 0. The van der Waals surface area contributed by atoms with E-state index in [2.05, 4.69) is 20.5 Å². The summed E-state index contributed by atoms with van der Waals surface area (Å²) in [6, 6.07) is 16.1. The Labute approximate surface area is 195 Å². The summed E-state index contributed by atoms with van der Waals surface area (Å²) in [4.78, 5) is 6.66. The summed E-state index contributed by atoms with van der Waals surface area (Å²) in [5.74, 6) is 3.26. The monoisotopic (exact) mass is 526 g/mol. The molecule has 7 nitrogen and oxygen atoms in total. The Morgan fingerprint density at radius 3 is 2.40 bits per heavy atom. The van der Waals surface area contributed by atoms with E-state index in [0.29, 0.717) is 19.2 Å². The number of nitrogens with zero attached hydrogens (tertiary/aromatic N) is 2. The minimum atomic E-state index is 0. The van der Waals surface area contributed by atoms with Gasteiger partial charge in [0.25, 0.3) is 0 Å². The highest BCUT2D eigenvalue weighted by Gasteiger charge is 2.24. The van der Waals surface area contributed by atoms with Gasteiger partial charge in [0.1, 0.15) is 23.9 Å². The van der Waals surface area contributed by atoms with Crippen LogP contribution in [0.5, 0.6) is 17.2 Å². The van der Waals surface area contributed by atoms with Gasteiger partial charge in [-0.3, -0.25) is 4.99 Å². The van der Waals surface area contributed by atoms with Gasteiger partial charge >= 0.3 is 0 Å². The van der Waals surface area contributed by atoms with Crippen molar-refractivity contribution in [1.29, 1.82) is 0 Å². The first-order valence-electron chi connectivity index (χ1n) is 9.85. The maximum Gasteiger partial charge on any atom is 0.191 e. The van der Waals surface area contributed by atoms with Gasteiger partial charge in [-0.05, 0) is 18.6 Å². The zero-order valence-electron chi connectivity index (χ0n) is 17.8. The van der Waals surface area contributed by atoms with Crippen LogP contribution in [0.4, 0.5) is 5.69 Å². The first kappa shape index (κ1) is 23.9. The Hall–Kier alpha value is -2.36. The van der Waals surface area contributed by atoms with Crippen molar-refractivity contribution >= 4 is 35.6 Å². The minimum Gasteiger partial charge on any atom is -0.497 e. The topological polar surface area (TPSA) is 67.4 Å². The summed E-state index contributed by atoms with van der Waals surface area (Å²) in [6.07, 6.45) is 1.03. The molecule has 1 heterocycles. The molecule has 2 aromatic carbocycles. The van der Waals surface area contributed by atoms with Gasteiger partial charge in [0.2, 0.25) is 0 Å². The number of aliphatic imine (C=N–C) groups is 1. The molecule has 1 fully saturated rings. The van der Waals surface area contributed by atoms with Crippen LogP contribution in [0.25, 0.3) is 0 Å². The lowest BCUT2D eigenvalue weighted by Crippen LogP contribution is -2.45. The summed E-state index contributed by atoms with van der Waals surface area (Å²) in [5, 5.41) is 6.81. The Bertz CT molecular complexity index is 782. The second-order valence-electron chi connectivity index (χ2n) is 6.81. The summed E-state index contributed by atoms with van der Waals surface area (Å²) in [6.45, 7) is 3.10. The number of benzene rings is 2. The molecule has 3 rings (SSSR count). The van der Waals surface area contributed by atoms with Gasteiger partial charge in [0, 0.05) is 50.1 Å². The maximum atomic E-state index is 5.71. The lowest BCUT2D eigenvalue weighted by molar-refractivity contribution is 0.321. The Morgan fingerprint density at radius 1 is 1.07 bits per heavy atom. The van der Waals surface area contributed by atoms with E-state index in [9.17, 15) is 0 Å². The van der Waals surface area contributed by atoms with Crippen molar-refractivity contribution in [3.8, 4) is 17.2 Å². The number of guanidine groups is 1. The summed E-state index contributed by atoms with van der Waals surface area (Å²) in [7, 11) is 5.13. The third-order valence-corrected chi connectivity index (χ3v) is 4.86. The van der Waals surface area contributed by atoms with Crippen molar-refractivity contribution in [1.82, 2.24) is 10.6 Å². The van der Waals surface area contributed by atoms with Crippen LogP contribution in [-0.2, 0) is 0 Å². The third-order valence-electron chi connectivity index (χ3n) is 4.86. The van der Waals surface area contributed by atoms with Crippen LogP contribution in [0.3, 0.4) is 0 Å². The van der Waals surface area contributed by atoms with Gasteiger partial charge in [-0.15, -0.1) is 24.0 Å². The molecular weight excluding hydrogens is 495 g/mol. The molecule has 0 bridgehead atoms. The predicted molar refractivity (Wildman–Crippen MR) is 132 cm³/mol. The number of para-hydroxylation sites is 1. The Balaban J connectivity index is 0.00000320. The first-order valence-corrected chi connectivity index (χ1v) is 9.85. The highest BCUT2D eigenvalue weighted by molar-refractivity contribution is 14.0. The molecule has 30 heavy (non-hydrogen) atoms. The van der Waals surface area contributed by atoms with Crippen molar-refractivity contribution in [3.05, 3.63) is 48.5 Å². The summed E-state index contributed by atoms with van der Waals surface area (Å²) in [5.41, 5.74) is 1.10. The molecule has 0 aromatic heterocycles. The molecule has 1 aliphatic heterocycles. The predicted octanol–water partition coefficient (Wildman–Crippen LogP) is 3.14. The number of ether oxygens (including phenoxy) is 3. The van der Waals surface area contributed by atoms with Gasteiger partial charge < -0.3 is 29.7 Å². The van der Waals surface area contributed by atoms with Crippen LogP contribution >= 0.6 is 24.0 Å². The van der Waals surface area contributed by atoms with Crippen LogP contribution in [-0.4, -0.2) is 59.5 Å². The van der Waals surface area contributed by atoms with Crippen LogP contribution in [0.2, 0.25) is 0 Å². The lowest BCUT2D eigenvalue weighted by Gasteiger charge is -2.21. The first-order chi connectivity index (χ1) is 14.2. The molecule has 1 atom stereocenters. The van der Waals surface area contributed by atoms with Crippen LogP contribution in [0.1, 0.15) is 6.42 Å². The van der Waals surface area contributed by atoms with Crippen molar-refractivity contribution in [2.45, 2.75) is 12.5 Å². The average molecular weight is 526 g/mol. The van der Waals surface area contributed by atoms with Gasteiger partial charge in [-0.1, -0.05) is 18.2 Å². The van der Waals surface area contributed by atoms with Crippen molar-refractivity contribution in [2.24, 2.45) is 4.99 Å². The van der Waals surface area contributed by atoms with Crippen LogP contribution in [0.15, 0.2) is 53.5 Å². The molecule has 1 unspecified atom stereocenters. The fraction of sp³-hybridized carbons (Fsp3) is 0.409. The number of nitrogens with one attached hydrogen (secondary N) is 2. The van der Waals surface area contributed by atoms with Gasteiger partial charge in [0.15, 0.2) is 5.96 Å². The van der Waals surface area contributed by atoms with E-state index >= 15 is 0 Å². The highest BCUT2D eigenvalue weighted by atomic mass is 127. The quantitative estimate of drug-likeness (QED) is 0.239. The fourth-order valence-corrected chi connectivity index (χ4v) is 3.33. The highest BCUT2D eigenvalue weighted by Crippen LogP contribution is 2.30. The molecule has 0 saturated carbocycles. The third kappa shape index (κ3) is 6.86. The second-order valence-corrected chi connectivity index (χ2v) is 6.81. The zero-order chi connectivity index (χ0) is 20.5. The average Bonchev–Trinajstić information content (AvgIpc) is 3.24. The number of anilines is 1. The van der Waals surface area contributed by atoms with E-state index in [-0.39, 0.29) is 24.0 Å². The van der Waals surface area contributed by atoms with E-state index in [1.54, 1.807) is 21.3 Å². The number of hydrogen-bond acceptors (Lipinski definition) is 5. The molecule has 164 valence electrons. The number of methoxy groups -OCH3 is 2. The fourth-order valence-electron chi connectivity index (χ4n) is 3.33. The molecule has 0 amide bonds. The van der Waals surface area contributed by atoms with E-state index in [1.165, 1.54) is 0 Å². The van der Waals surface area contributed by atoms with E-state index in [4.69, 9.17) is 14.2 Å². The van der Waals surface area contributed by atoms with Crippen LogP contribution < -0.4 is 29.7 Å². The lowest BCUT2D eigenvalue weighted by atomic mass is 10.2. The molecule has 0 spiro atoms. The molecule has 1 aliphatic rings. The Morgan fingerprint density at radius 2 is 1.77 bits per heavy atom. The SMILES string of the molecule is CN=C(NCCOc1ccccc1)NC1CCN(c2cc(OC)cc(OC)c2)C1.I. The molecule has 1 saturated heterocycles. The van der Waals surface area contributed by atoms with Crippen molar-refractivity contribution in [2.75, 3.05) is 52.4 Å². The molecule has 0 aliphatic carbocycles. The summed E-state index contributed by atoms with van der Waals surface area (Å²) < 4.78 is 16.5. The number of rotatable bonds is 8. The molecular formula is C22H31IN4O3. The Kier molecular flexibility index (Phi) is 9.85. The minimum absolute atomic E-state index is 0. The molecule has 8 heteroatoms. The van der Waals surface area contributed by atoms with Crippen molar-refractivity contribution < 1.29 is 14.2 Å². The van der Waals surface area contributed by atoms with Gasteiger partial charge in [-0.2, -0.15) is 0 Å². The number of halogens is 1. The molecule has 2 N–H and O–H groups in total. The number of hydrogen-bond donors (Lipinski definition) is 2. The van der Waals surface area contributed by atoms with E-state index in [1.807, 2.05) is 48.5 Å². The normalized spacial score (nSPS) is 15.9. The van der Waals surface area contributed by atoms with Crippen molar-refractivity contribution in [3.63, 3.8) is 0 Å². The molecule has 0 radical (unpaired) electrons. The zero-order valence-corrected chi connectivity index (χ0v) is 20.1. The van der Waals surface area contributed by atoms with E-state index in [0.717, 1.165) is 48.4 Å². The van der Waals surface area contributed by atoms with Crippen LogP contribution in [0, 0.1) is 0 Å². The van der Waals surface area contributed by atoms with E-state index < -0.39 is 0 Å². The van der Waals surface area contributed by atoms with Gasteiger partial charge in [0.05, 0.1) is 20.8 Å².